The van der Waals surface area contributed by atoms with E-state index in [1.165, 1.54) is 5.57 Å². The van der Waals surface area contributed by atoms with E-state index in [-0.39, 0.29) is 46.2 Å². The topological polar surface area (TPSA) is 196 Å². The molecular formula is C41H66O12. The molecule has 302 valence electrons. The minimum absolute atomic E-state index is 0.00515. The summed E-state index contributed by atoms with van der Waals surface area (Å²) in [5.74, 6) is 0.815. The lowest BCUT2D eigenvalue weighted by molar-refractivity contribution is -0.308. The standard InChI is InChI=1S/C41H66O12/c1-20-10-15-41(36(49)53-35-33(48)31(46)30(45)24(18-42)51-35)17-16-39(6)22(28(41)21(20)2)8-9-26-38(5)13-12-27(37(3,4)25(38)11-14-40(26,39)7)52-34-32(47)29(44)23(43)19-50-34/h8,20-21,23-35,42-48H,9-19H2,1-7H3/t20-,21+,23+,24-,25?,26?,27+,28+,29+,30-,31+,32-,33-,34+,35+,38+,39-,40-,41+/m1/s1. The largest absolute Gasteiger partial charge is 0.432 e. The van der Waals surface area contributed by atoms with Gasteiger partial charge >= 0.3 is 5.97 Å². The van der Waals surface area contributed by atoms with Gasteiger partial charge in [0.15, 0.2) is 6.29 Å². The number of hydrogen-bond donors (Lipinski definition) is 7. The fourth-order valence-corrected chi connectivity index (χ4v) is 13.5. The summed E-state index contributed by atoms with van der Waals surface area (Å²) in [6, 6.07) is 0. The lowest BCUT2D eigenvalue weighted by Crippen LogP contribution is -2.66. The molecule has 53 heavy (non-hydrogen) atoms. The summed E-state index contributed by atoms with van der Waals surface area (Å²) in [5.41, 5.74) is 0.0874. The van der Waals surface area contributed by atoms with Crippen molar-refractivity contribution in [3.05, 3.63) is 11.6 Å². The van der Waals surface area contributed by atoms with Crippen LogP contribution in [0.2, 0.25) is 0 Å². The smallest absolute Gasteiger partial charge is 0.315 e. The number of aliphatic hydroxyl groups excluding tert-OH is 7. The molecule has 0 aromatic heterocycles. The van der Waals surface area contributed by atoms with E-state index in [0.29, 0.717) is 30.6 Å². The summed E-state index contributed by atoms with van der Waals surface area (Å²) < 4.78 is 23.8. The number of ether oxygens (including phenoxy) is 4. The number of hydrogen-bond acceptors (Lipinski definition) is 12. The average Bonchev–Trinajstić information content (AvgIpc) is 3.11. The number of carbonyl (C=O) groups excluding carboxylic acids is 1. The van der Waals surface area contributed by atoms with Gasteiger partial charge < -0.3 is 54.7 Å². The first-order chi connectivity index (χ1) is 24.8. The zero-order valence-corrected chi connectivity index (χ0v) is 32.7. The van der Waals surface area contributed by atoms with E-state index in [1.807, 2.05) is 0 Å². The van der Waals surface area contributed by atoms with Crippen LogP contribution in [0.1, 0.15) is 106 Å². The number of allylic oxidation sites excluding steroid dienone is 2. The second kappa shape index (κ2) is 13.7. The van der Waals surface area contributed by atoms with Crippen LogP contribution in [-0.4, -0.2) is 116 Å². The third-order valence-corrected chi connectivity index (χ3v) is 17.2. The molecule has 0 spiro atoms. The van der Waals surface area contributed by atoms with E-state index < -0.39 is 73.3 Å². The Morgan fingerprint density at radius 1 is 0.811 bits per heavy atom. The number of fused-ring (bicyclic) bond motifs is 7. The maximum absolute atomic E-state index is 14.6. The van der Waals surface area contributed by atoms with Crippen LogP contribution in [0.5, 0.6) is 0 Å². The van der Waals surface area contributed by atoms with Crippen LogP contribution < -0.4 is 0 Å². The Hall–Kier alpha value is -1.19. The van der Waals surface area contributed by atoms with Crippen molar-refractivity contribution in [2.75, 3.05) is 13.2 Å². The highest BCUT2D eigenvalue weighted by Crippen LogP contribution is 2.76. The van der Waals surface area contributed by atoms with Crippen molar-refractivity contribution >= 4 is 5.97 Å². The summed E-state index contributed by atoms with van der Waals surface area (Å²) in [7, 11) is 0. The maximum atomic E-state index is 14.6. The summed E-state index contributed by atoms with van der Waals surface area (Å²) >= 11 is 0. The third-order valence-electron chi connectivity index (χ3n) is 17.2. The second-order valence-corrected chi connectivity index (χ2v) is 19.6. The first-order valence-corrected chi connectivity index (χ1v) is 20.3. The molecule has 19 atom stereocenters. The Balaban J connectivity index is 1.17. The van der Waals surface area contributed by atoms with Gasteiger partial charge in [-0.05, 0) is 109 Å². The Morgan fingerprint density at radius 2 is 1.51 bits per heavy atom. The van der Waals surface area contributed by atoms with E-state index in [2.05, 4.69) is 54.5 Å². The van der Waals surface area contributed by atoms with Gasteiger partial charge in [0.1, 0.15) is 42.7 Å². The first kappa shape index (κ1) is 40.0. The zero-order valence-electron chi connectivity index (χ0n) is 32.7. The highest BCUT2D eigenvalue weighted by molar-refractivity contribution is 5.79. The zero-order chi connectivity index (χ0) is 38.6. The predicted octanol–water partition coefficient (Wildman–Crippen LogP) is 2.81. The Bertz CT molecular complexity index is 1420. The fraction of sp³-hybridized carbons (Fsp3) is 0.927. The molecule has 7 N–H and O–H groups in total. The fourth-order valence-electron chi connectivity index (χ4n) is 13.5. The minimum atomic E-state index is -1.64. The quantitative estimate of drug-likeness (QED) is 0.124. The molecule has 6 fully saturated rings. The number of esters is 1. The van der Waals surface area contributed by atoms with Crippen molar-refractivity contribution in [3.63, 3.8) is 0 Å². The third kappa shape index (κ3) is 5.77. The number of carbonyl (C=O) groups is 1. The molecule has 2 heterocycles. The molecule has 0 radical (unpaired) electrons. The predicted molar refractivity (Wildman–Crippen MR) is 191 cm³/mol. The molecule has 0 bridgehead atoms. The molecule has 4 saturated carbocycles. The second-order valence-electron chi connectivity index (χ2n) is 19.6. The monoisotopic (exact) mass is 750 g/mol. The van der Waals surface area contributed by atoms with Gasteiger partial charge in [-0.3, -0.25) is 4.79 Å². The van der Waals surface area contributed by atoms with Gasteiger partial charge in [0.25, 0.3) is 0 Å². The highest BCUT2D eigenvalue weighted by atomic mass is 16.7. The molecule has 0 aromatic rings. The van der Waals surface area contributed by atoms with Crippen molar-refractivity contribution < 1.29 is 59.5 Å². The van der Waals surface area contributed by atoms with Crippen molar-refractivity contribution in [2.45, 2.75) is 168 Å². The van der Waals surface area contributed by atoms with E-state index in [9.17, 15) is 40.5 Å². The Morgan fingerprint density at radius 3 is 2.21 bits per heavy atom. The van der Waals surface area contributed by atoms with Crippen molar-refractivity contribution in [1.82, 2.24) is 0 Å². The highest BCUT2D eigenvalue weighted by Gasteiger charge is 2.70. The molecule has 7 rings (SSSR count). The minimum Gasteiger partial charge on any atom is -0.432 e. The van der Waals surface area contributed by atoms with Gasteiger partial charge in [-0.15, -0.1) is 0 Å². The first-order valence-electron chi connectivity index (χ1n) is 20.3. The van der Waals surface area contributed by atoms with E-state index in [0.717, 1.165) is 44.9 Å². The molecule has 7 aliphatic rings. The molecule has 12 heteroatoms. The molecule has 5 aliphatic carbocycles. The molecular weight excluding hydrogens is 684 g/mol. The van der Waals surface area contributed by atoms with Crippen LogP contribution in [0.25, 0.3) is 0 Å². The summed E-state index contributed by atoms with van der Waals surface area (Å²) in [6.07, 6.45) is -2.31. The van der Waals surface area contributed by atoms with Gasteiger partial charge in [-0.25, -0.2) is 0 Å². The molecule has 0 amide bonds. The number of aliphatic hydroxyl groups is 7. The summed E-state index contributed by atoms with van der Waals surface area (Å²) in [4.78, 5) is 14.6. The van der Waals surface area contributed by atoms with Crippen LogP contribution in [-0.2, 0) is 23.7 Å². The van der Waals surface area contributed by atoms with E-state index in [4.69, 9.17) is 18.9 Å². The SMILES string of the molecule is C[C@H]1[C@H](C)CC[C@]2(C(=O)O[C@@H]3O[C@H](CO)[C@@H](O)[C@H](O)[C@H]3O)CC[C@]3(C)C(=CCC4[C@@]5(C)CC[C@H](O[C@@H]6OC[C@H](O)[C@H](O)[C@H]6O)C(C)(C)C5CC[C@]43C)[C@H]12. The lowest BCUT2D eigenvalue weighted by Gasteiger charge is -2.71. The van der Waals surface area contributed by atoms with Gasteiger partial charge in [0, 0.05) is 0 Å². The van der Waals surface area contributed by atoms with Crippen molar-refractivity contribution in [2.24, 2.45) is 56.7 Å². The lowest BCUT2D eigenvalue weighted by atomic mass is 9.33. The number of rotatable bonds is 5. The Kier molecular flexibility index (Phi) is 10.4. The maximum Gasteiger partial charge on any atom is 0.315 e. The van der Waals surface area contributed by atoms with Crippen LogP contribution in [0.4, 0.5) is 0 Å². The van der Waals surface area contributed by atoms with Crippen LogP contribution in [0.15, 0.2) is 11.6 Å². The van der Waals surface area contributed by atoms with Gasteiger partial charge in [0.2, 0.25) is 6.29 Å². The molecule has 12 nitrogen and oxygen atoms in total. The molecule has 2 unspecified atom stereocenters. The van der Waals surface area contributed by atoms with E-state index in [1.54, 1.807) is 0 Å². The molecule has 0 aromatic carbocycles. The van der Waals surface area contributed by atoms with Crippen LogP contribution in [0, 0.1) is 56.7 Å². The Labute approximate surface area is 314 Å². The van der Waals surface area contributed by atoms with E-state index >= 15 is 0 Å². The molecule has 2 aliphatic heterocycles. The van der Waals surface area contributed by atoms with Crippen molar-refractivity contribution in [3.8, 4) is 0 Å². The average molecular weight is 751 g/mol. The molecule has 2 saturated heterocycles. The van der Waals surface area contributed by atoms with Crippen LogP contribution >= 0.6 is 0 Å². The summed E-state index contributed by atoms with van der Waals surface area (Å²) in [6.45, 7) is 15.8. The normalized spacial score (nSPS) is 55.1. The van der Waals surface area contributed by atoms with Crippen molar-refractivity contribution in [1.29, 1.82) is 0 Å². The van der Waals surface area contributed by atoms with Gasteiger partial charge in [0.05, 0.1) is 24.7 Å². The summed E-state index contributed by atoms with van der Waals surface area (Å²) in [5, 5.41) is 72.3. The van der Waals surface area contributed by atoms with Gasteiger partial charge in [-0.2, -0.15) is 0 Å². The van der Waals surface area contributed by atoms with Crippen LogP contribution in [0.3, 0.4) is 0 Å². The van der Waals surface area contributed by atoms with Gasteiger partial charge in [-0.1, -0.05) is 60.1 Å².